The number of carbonyl (C=O) groups excluding carboxylic acids is 3. The molecule has 9 N–H and O–H groups in total. The number of halogens is 3. The lowest BCUT2D eigenvalue weighted by Crippen LogP contribution is -2.33. The molecule has 3 heterocycles. The Morgan fingerprint density at radius 1 is 0.467 bits per heavy atom. The maximum absolute atomic E-state index is 14.3. The largest absolute Gasteiger partial charge is 0.371 e. The Hall–Kier alpha value is -8.49. The van der Waals surface area contributed by atoms with Crippen LogP contribution in [0, 0.1) is 45.6 Å². The number of benzene rings is 6. The third-order valence-electron chi connectivity index (χ3n) is 11.4. The standard InChI is InChI=1S/C18H17ClN4O2.2C18H17FN4O2/c3*19-15-9-13(17-11-21-6-7-25-17)4-5-16(15)23-18(24)22-14-3-1-2-12(8-14)10-20/h3*1-5,8-9,17,21H,6-7,11H2,(H2,22,23,24)/t;2*17-/m.10/s1. The number of rotatable bonds is 9. The van der Waals surface area contributed by atoms with Gasteiger partial charge in [0.15, 0.2) is 0 Å². The lowest BCUT2D eigenvalue weighted by molar-refractivity contribution is 0.0275. The fraction of sp³-hybridized carbons (Fsp3) is 0.222. The van der Waals surface area contributed by atoms with Crippen LogP contribution in [-0.2, 0) is 14.2 Å². The molecule has 3 fully saturated rings. The van der Waals surface area contributed by atoms with Gasteiger partial charge in [-0.05, 0) is 108 Å². The van der Waals surface area contributed by atoms with Crippen molar-refractivity contribution in [1.82, 2.24) is 16.0 Å². The van der Waals surface area contributed by atoms with Crippen LogP contribution in [0.25, 0.3) is 0 Å². The van der Waals surface area contributed by atoms with Crippen molar-refractivity contribution in [1.29, 1.82) is 15.8 Å². The van der Waals surface area contributed by atoms with Crippen molar-refractivity contribution in [2.75, 3.05) is 91.0 Å². The van der Waals surface area contributed by atoms with E-state index in [-0.39, 0.29) is 29.7 Å². The van der Waals surface area contributed by atoms with Crippen LogP contribution in [0.15, 0.2) is 127 Å². The maximum atomic E-state index is 14.3. The monoisotopic (exact) mass is 1040 g/mol. The Morgan fingerprint density at radius 2 is 0.800 bits per heavy atom. The van der Waals surface area contributed by atoms with Gasteiger partial charge in [-0.15, -0.1) is 0 Å². The number of anilines is 6. The summed E-state index contributed by atoms with van der Waals surface area (Å²) in [6.07, 6.45) is -0.428. The summed E-state index contributed by atoms with van der Waals surface area (Å²) in [5, 5.41) is 52.1. The summed E-state index contributed by atoms with van der Waals surface area (Å²) in [5.41, 5.74) is 5.81. The topological polar surface area (TPSA) is 259 Å². The molecule has 0 aromatic heterocycles. The number of ether oxygens (including phenoxy) is 3. The van der Waals surface area contributed by atoms with Gasteiger partial charge in [0.25, 0.3) is 0 Å². The second-order valence-electron chi connectivity index (χ2n) is 16.7. The van der Waals surface area contributed by atoms with Crippen molar-refractivity contribution in [3.63, 3.8) is 0 Å². The van der Waals surface area contributed by atoms with Crippen LogP contribution in [0.4, 0.5) is 57.3 Å². The number of carbonyl (C=O) groups is 3. The first-order chi connectivity index (χ1) is 36.5. The molecule has 0 saturated carbocycles. The third kappa shape index (κ3) is 16.5. The van der Waals surface area contributed by atoms with Crippen LogP contribution in [-0.4, -0.2) is 77.2 Å². The molecule has 0 bridgehead atoms. The molecule has 3 aliphatic heterocycles. The van der Waals surface area contributed by atoms with E-state index in [9.17, 15) is 23.2 Å². The zero-order valence-corrected chi connectivity index (χ0v) is 40.9. The van der Waals surface area contributed by atoms with E-state index in [2.05, 4.69) is 47.9 Å². The number of nitrogens with zero attached hydrogens (tertiary/aromatic N) is 3. The van der Waals surface area contributed by atoms with E-state index >= 15 is 0 Å². The smallest absolute Gasteiger partial charge is 0.323 e. The number of morpholine rings is 3. The van der Waals surface area contributed by atoms with Gasteiger partial charge in [-0.3, -0.25) is 0 Å². The van der Waals surface area contributed by atoms with Crippen molar-refractivity contribution in [3.05, 3.63) is 177 Å². The summed E-state index contributed by atoms with van der Waals surface area (Å²) >= 11 is 6.28. The normalized spacial score (nSPS) is 16.7. The van der Waals surface area contributed by atoms with Gasteiger partial charge >= 0.3 is 18.1 Å². The predicted molar refractivity (Wildman–Crippen MR) is 280 cm³/mol. The van der Waals surface area contributed by atoms with E-state index in [1.165, 1.54) is 36.4 Å². The zero-order chi connectivity index (χ0) is 52.9. The second-order valence-corrected chi connectivity index (χ2v) is 17.1. The number of hydrogen-bond acceptors (Lipinski definition) is 12. The Bertz CT molecular complexity index is 2770. The lowest BCUT2D eigenvalue weighted by Gasteiger charge is -2.24. The molecule has 18 nitrogen and oxygen atoms in total. The highest BCUT2D eigenvalue weighted by Gasteiger charge is 2.21. The molecule has 3 atom stereocenters. The molecule has 0 radical (unpaired) electrons. The van der Waals surface area contributed by atoms with E-state index in [4.69, 9.17) is 41.6 Å². The van der Waals surface area contributed by atoms with Crippen molar-refractivity contribution in [2.24, 2.45) is 0 Å². The van der Waals surface area contributed by atoms with Gasteiger partial charge in [0.05, 0.1) is 95.1 Å². The first-order valence-electron chi connectivity index (χ1n) is 23.6. The number of nitriles is 3. The van der Waals surface area contributed by atoms with E-state index in [1.807, 2.05) is 24.3 Å². The molecule has 0 aliphatic carbocycles. The van der Waals surface area contributed by atoms with E-state index in [0.717, 1.165) is 42.9 Å². The van der Waals surface area contributed by atoms with Gasteiger partial charge in [-0.25, -0.2) is 23.2 Å². The predicted octanol–water partition coefficient (Wildman–Crippen LogP) is 9.52. The van der Waals surface area contributed by atoms with Crippen LogP contribution in [0.5, 0.6) is 0 Å². The molecule has 6 aromatic carbocycles. The van der Waals surface area contributed by atoms with Crippen molar-refractivity contribution in [3.8, 4) is 18.2 Å². The molecular formula is C54H51ClF2N12O6. The summed E-state index contributed by atoms with van der Waals surface area (Å²) < 4.78 is 45.4. The highest BCUT2D eigenvalue weighted by Crippen LogP contribution is 2.29. The second kappa shape index (κ2) is 27.5. The van der Waals surface area contributed by atoms with Gasteiger partial charge < -0.3 is 62.1 Å². The fourth-order valence-corrected chi connectivity index (χ4v) is 7.93. The van der Waals surface area contributed by atoms with Gasteiger partial charge in [-0.1, -0.05) is 48.0 Å². The summed E-state index contributed by atoms with van der Waals surface area (Å²) in [6, 6.07) is 38.6. The quantitative estimate of drug-likeness (QED) is 0.0656. The third-order valence-corrected chi connectivity index (χ3v) is 11.7. The summed E-state index contributed by atoms with van der Waals surface area (Å²) in [4.78, 5) is 36.1. The SMILES string of the molecule is N#Cc1cccc(NC(=O)Nc2ccc(C3CNCCO3)cc2Cl)c1.N#Cc1cccc(NC(=O)Nc2ccc([C@@H]3CNCCO3)cc2F)c1.N#Cc1cccc(NC(=O)Nc2ccc([C@H]3CNCCO3)cc2F)c1. The van der Waals surface area contributed by atoms with Crippen molar-refractivity contribution >= 4 is 63.8 Å². The van der Waals surface area contributed by atoms with E-state index in [1.54, 1.807) is 84.9 Å². The molecule has 3 saturated heterocycles. The molecule has 9 rings (SSSR count). The number of urea groups is 3. The summed E-state index contributed by atoms with van der Waals surface area (Å²) in [5.74, 6) is -1.07. The van der Waals surface area contributed by atoms with Crippen LogP contribution >= 0.6 is 11.6 Å². The molecule has 384 valence electrons. The minimum atomic E-state index is -0.586. The first kappa shape index (κ1) is 54.3. The minimum Gasteiger partial charge on any atom is -0.371 e. The Balaban J connectivity index is 0.000000164. The Labute approximate surface area is 436 Å². The maximum Gasteiger partial charge on any atom is 0.323 e. The van der Waals surface area contributed by atoms with Crippen molar-refractivity contribution in [2.45, 2.75) is 18.3 Å². The van der Waals surface area contributed by atoms with Gasteiger partial charge in [-0.2, -0.15) is 15.8 Å². The molecule has 75 heavy (non-hydrogen) atoms. The summed E-state index contributed by atoms with van der Waals surface area (Å²) in [6.45, 7) is 6.22. The number of hydrogen-bond donors (Lipinski definition) is 9. The molecule has 21 heteroatoms. The van der Waals surface area contributed by atoms with Gasteiger partial charge in [0.1, 0.15) is 11.6 Å². The highest BCUT2D eigenvalue weighted by atomic mass is 35.5. The molecular weight excluding hydrogens is 986 g/mol. The molecule has 3 aliphatic rings. The van der Waals surface area contributed by atoms with Crippen LogP contribution in [0.3, 0.4) is 0 Å². The van der Waals surface area contributed by atoms with Gasteiger partial charge in [0, 0.05) is 56.3 Å². The lowest BCUT2D eigenvalue weighted by atomic mass is 10.1. The Morgan fingerprint density at radius 3 is 1.11 bits per heavy atom. The van der Waals surface area contributed by atoms with E-state index in [0.29, 0.717) is 77.4 Å². The molecule has 0 spiro atoms. The fourth-order valence-electron chi connectivity index (χ4n) is 7.69. The van der Waals surface area contributed by atoms with Gasteiger partial charge in [0.2, 0.25) is 0 Å². The minimum absolute atomic E-state index is 0.0390. The van der Waals surface area contributed by atoms with Crippen LogP contribution < -0.4 is 47.9 Å². The van der Waals surface area contributed by atoms with E-state index < -0.39 is 29.7 Å². The number of nitrogens with one attached hydrogen (secondary N) is 9. The number of amides is 6. The summed E-state index contributed by atoms with van der Waals surface area (Å²) in [7, 11) is 0. The van der Waals surface area contributed by atoms with Crippen LogP contribution in [0.1, 0.15) is 51.7 Å². The highest BCUT2D eigenvalue weighted by molar-refractivity contribution is 6.33. The molecule has 6 amide bonds. The average Bonchev–Trinajstić information content (AvgIpc) is 3.43. The first-order valence-corrected chi connectivity index (χ1v) is 23.9. The van der Waals surface area contributed by atoms with Crippen molar-refractivity contribution < 1.29 is 37.4 Å². The molecule has 1 unspecified atom stereocenters. The average molecular weight is 1040 g/mol. The zero-order valence-electron chi connectivity index (χ0n) is 40.1. The molecule has 6 aromatic rings. The van der Waals surface area contributed by atoms with Crippen LogP contribution in [0.2, 0.25) is 5.02 Å². The Kier molecular flexibility index (Phi) is 19.9.